The molecule has 1 fully saturated rings. The van der Waals surface area contributed by atoms with E-state index < -0.39 is 0 Å². The number of rotatable bonds is 1. The van der Waals surface area contributed by atoms with Crippen LogP contribution in [0.2, 0.25) is 5.02 Å². The lowest BCUT2D eigenvalue weighted by molar-refractivity contribution is -0.121. The van der Waals surface area contributed by atoms with Crippen LogP contribution in [-0.2, 0) is 11.2 Å². The van der Waals surface area contributed by atoms with Crippen LogP contribution in [0.1, 0.15) is 32.3 Å². The van der Waals surface area contributed by atoms with Crippen LogP contribution < -0.4 is 0 Å². The maximum atomic E-state index is 11.3. The molecule has 3 nitrogen and oxygen atoms in total. The molecule has 0 saturated carbocycles. The second-order valence-corrected chi connectivity index (χ2v) is 5.35. The first-order valence-corrected chi connectivity index (χ1v) is 7.88. The summed E-state index contributed by atoms with van der Waals surface area (Å²) in [5.41, 5.74) is 3.35. The van der Waals surface area contributed by atoms with E-state index in [0.29, 0.717) is 23.6 Å². The first-order chi connectivity index (χ1) is 10.2. The fourth-order valence-electron chi connectivity index (χ4n) is 2.52. The minimum Gasteiger partial charge on any atom is -0.374 e. The van der Waals surface area contributed by atoms with Crippen molar-refractivity contribution in [1.29, 1.82) is 0 Å². The lowest BCUT2D eigenvalue weighted by Crippen LogP contribution is -2.33. The molecule has 0 spiro atoms. The van der Waals surface area contributed by atoms with Crippen molar-refractivity contribution in [3.8, 4) is 0 Å². The number of benzene rings is 1. The quantitative estimate of drug-likeness (QED) is 0.780. The normalized spacial score (nSPS) is 17.4. The summed E-state index contributed by atoms with van der Waals surface area (Å²) in [4.78, 5) is 18.0. The number of allylic oxidation sites excluding steroid dienone is 2. The van der Waals surface area contributed by atoms with Crippen molar-refractivity contribution < 1.29 is 4.79 Å². The van der Waals surface area contributed by atoms with E-state index in [2.05, 4.69) is 9.89 Å². The minimum absolute atomic E-state index is 0.367. The summed E-state index contributed by atoms with van der Waals surface area (Å²) in [5, 5.41) is 0.711. The van der Waals surface area contributed by atoms with E-state index in [1.807, 2.05) is 44.3 Å². The van der Waals surface area contributed by atoms with Crippen LogP contribution in [-0.4, -0.2) is 30.0 Å². The van der Waals surface area contributed by atoms with Crippen molar-refractivity contribution in [3.05, 3.63) is 40.6 Å². The number of nitrogens with zero attached hydrogens (tertiary/aromatic N) is 2. The molecule has 0 atom stereocenters. The Balaban J connectivity index is 0.000000774. The van der Waals surface area contributed by atoms with Crippen molar-refractivity contribution in [3.63, 3.8) is 0 Å². The van der Waals surface area contributed by atoms with E-state index in [1.165, 1.54) is 11.3 Å². The van der Waals surface area contributed by atoms with Crippen molar-refractivity contribution in [1.82, 2.24) is 4.90 Å². The van der Waals surface area contributed by atoms with E-state index in [-0.39, 0.29) is 0 Å². The van der Waals surface area contributed by atoms with E-state index in [1.54, 1.807) is 0 Å². The van der Waals surface area contributed by atoms with Crippen LogP contribution in [0.3, 0.4) is 0 Å². The van der Waals surface area contributed by atoms with Crippen LogP contribution in [0.5, 0.6) is 0 Å². The third-order valence-electron chi connectivity index (χ3n) is 3.63. The average molecular weight is 305 g/mol. The Morgan fingerprint density at radius 3 is 2.62 bits per heavy atom. The number of ketones is 1. The third kappa shape index (κ3) is 3.94. The number of hydrogen-bond donors (Lipinski definition) is 0. The fourth-order valence-corrected chi connectivity index (χ4v) is 2.69. The van der Waals surface area contributed by atoms with Gasteiger partial charge in [0.2, 0.25) is 0 Å². The van der Waals surface area contributed by atoms with Crippen molar-refractivity contribution in [2.45, 2.75) is 33.1 Å². The molecule has 1 saturated heterocycles. The molecule has 2 aliphatic heterocycles. The highest BCUT2D eigenvalue weighted by Gasteiger charge is 2.19. The molecule has 0 aromatic heterocycles. The van der Waals surface area contributed by atoms with Crippen LogP contribution in [0.25, 0.3) is 0 Å². The van der Waals surface area contributed by atoms with Crippen molar-refractivity contribution in [2.75, 3.05) is 13.1 Å². The summed E-state index contributed by atoms with van der Waals surface area (Å²) < 4.78 is 0. The predicted molar refractivity (Wildman–Crippen MR) is 88.6 cm³/mol. The molecular weight excluding hydrogens is 284 g/mol. The molecule has 0 radical (unpaired) electrons. The second-order valence-electron chi connectivity index (χ2n) is 4.91. The smallest absolute Gasteiger partial charge is 0.136 e. The third-order valence-corrected chi connectivity index (χ3v) is 3.86. The average Bonchev–Trinajstić information content (AvgIpc) is 2.72. The SMILES string of the molecule is CC.O=C1CCN(C2=CC=Nc3cc(Cl)ccc3C2)CC1. The van der Waals surface area contributed by atoms with Crippen molar-refractivity contribution >= 4 is 29.3 Å². The van der Waals surface area contributed by atoms with Gasteiger partial charge in [-0.1, -0.05) is 31.5 Å². The second kappa shape index (κ2) is 7.41. The number of fused-ring (bicyclic) bond motifs is 1. The predicted octanol–water partition coefficient (Wildman–Crippen LogP) is 4.17. The number of hydrogen-bond acceptors (Lipinski definition) is 3. The molecule has 21 heavy (non-hydrogen) atoms. The summed E-state index contributed by atoms with van der Waals surface area (Å²) >= 11 is 5.99. The van der Waals surface area contributed by atoms with Gasteiger partial charge in [-0.2, -0.15) is 0 Å². The highest BCUT2D eigenvalue weighted by molar-refractivity contribution is 6.30. The molecular formula is C17H21ClN2O. The summed E-state index contributed by atoms with van der Waals surface area (Å²) in [7, 11) is 0. The van der Waals surface area contributed by atoms with Gasteiger partial charge in [0.1, 0.15) is 5.78 Å². The minimum atomic E-state index is 0.367. The van der Waals surface area contributed by atoms with E-state index >= 15 is 0 Å². The van der Waals surface area contributed by atoms with E-state index in [4.69, 9.17) is 11.6 Å². The van der Waals surface area contributed by atoms with Gasteiger partial charge >= 0.3 is 0 Å². The van der Waals surface area contributed by atoms with Crippen LogP contribution >= 0.6 is 11.6 Å². The Bertz CT molecular complexity index is 568. The molecule has 112 valence electrons. The van der Waals surface area contributed by atoms with Crippen LogP contribution in [0, 0.1) is 0 Å². The maximum absolute atomic E-state index is 11.3. The van der Waals surface area contributed by atoms with Gasteiger partial charge in [0.05, 0.1) is 5.69 Å². The number of halogens is 1. The summed E-state index contributed by atoms with van der Waals surface area (Å²) in [6.45, 7) is 5.64. The highest BCUT2D eigenvalue weighted by atomic mass is 35.5. The molecule has 1 aromatic rings. The molecule has 0 bridgehead atoms. The summed E-state index contributed by atoms with van der Waals surface area (Å²) in [6, 6.07) is 5.83. The van der Waals surface area contributed by atoms with Gasteiger partial charge in [0.25, 0.3) is 0 Å². The van der Waals surface area contributed by atoms with Gasteiger partial charge in [0, 0.05) is 49.3 Å². The lowest BCUT2D eigenvalue weighted by Gasteiger charge is -2.30. The molecule has 3 rings (SSSR count). The van der Waals surface area contributed by atoms with Gasteiger partial charge in [-0.3, -0.25) is 9.79 Å². The van der Waals surface area contributed by atoms with Crippen LogP contribution in [0.15, 0.2) is 35.0 Å². The number of piperidine rings is 1. The van der Waals surface area contributed by atoms with Gasteiger partial charge in [-0.15, -0.1) is 0 Å². The molecule has 0 aliphatic carbocycles. The van der Waals surface area contributed by atoms with E-state index in [0.717, 1.165) is 25.2 Å². The highest BCUT2D eigenvalue weighted by Crippen LogP contribution is 2.29. The monoisotopic (exact) mass is 304 g/mol. The standard InChI is InChI=1S/C15H15ClN2O.C2H6/c16-12-2-1-11-9-13(3-6-17-15(11)10-12)18-7-4-14(19)5-8-18;1-2/h1-3,6,10H,4-5,7-9H2;1-2H3. The molecule has 1 aromatic carbocycles. The Hall–Kier alpha value is -1.61. The zero-order valence-electron chi connectivity index (χ0n) is 12.6. The van der Waals surface area contributed by atoms with Crippen LogP contribution in [0.4, 0.5) is 5.69 Å². The summed E-state index contributed by atoms with van der Waals surface area (Å²) in [5.74, 6) is 0.367. The first kappa shape index (κ1) is 15.8. The number of Topliss-reactive ketones (excluding diaryl/α,β-unsaturated/α-hetero) is 1. The number of carbonyl (C=O) groups excluding carboxylic acids is 1. The van der Waals surface area contributed by atoms with Gasteiger partial charge in [-0.25, -0.2) is 0 Å². The summed E-state index contributed by atoms with van der Waals surface area (Å²) in [6.07, 6.45) is 6.03. The zero-order valence-corrected chi connectivity index (χ0v) is 13.4. The van der Waals surface area contributed by atoms with Gasteiger partial charge in [-0.05, 0) is 23.8 Å². The Kier molecular flexibility index (Phi) is 5.57. The molecule has 4 heteroatoms. The number of aliphatic imine (C=N–C) groups is 1. The molecule has 0 N–H and O–H groups in total. The molecule has 0 unspecified atom stereocenters. The molecule has 2 heterocycles. The van der Waals surface area contributed by atoms with Gasteiger partial charge < -0.3 is 4.90 Å². The largest absolute Gasteiger partial charge is 0.374 e. The number of carbonyl (C=O) groups is 1. The van der Waals surface area contributed by atoms with Crippen molar-refractivity contribution in [2.24, 2.45) is 4.99 Å². The Labute approximate surface area is 131 Å². The molecule has 2 aliphatic rings. The zero-order chi connectivity index (χ0) is 15.2. The Morgan fingerprint density at radius 2 is 1.90 bits per heavy atom. The number of likely N-dealkylation sites (tertiary alicyclic amines) is 1. The van der Waals surface area contributed by atoms with Gasteiger partial charge in [0.15, 0.2) is 0 Å². The first-order valence-electron chi connectivity index (χ1n) is 7.51. The molecule has 0 amide bonds. The van der Waals surface area contributed by atoms with E-state index in [9.17, 15) is 4.79 Å². The topological polar surface area (TPSA) is 32.7 Å². The lowest BCUT2D eigenvalue weighted by atomic mass is 10.0. The fraction of sp³-hybridized carbons (Fsp3) is 0.412. The Morgan fingerprint density at radius 1 is 1.19 bits per heavy atom. The maximum Gasteiger partial charge on any atom is 0.136 e.